The summed E-state index contributed by atoms with van der Waals surface area (Å²) in [5, 5.41) is 0. The van der Waals surface area contributed by atoms with Gasteiger partial charge in [0.05, 0.1) is 7.11 Å². The van der Waals surface area contributed by atoms with Gasteiger partial charge in [-0.15, -0.1) is 0 Å². The van der Waals surface area contributed by atoms with Crippen LogP contribution < -0.4 is 4.74 Å². The van der Waals surface area contributed by atoms with Gasteiger partial charge in [0.2, 0.25) is 5.82 Å². The lowest BCUT2D eigenvalue weighted by Crippen LogP contribution is -2.23. The molecule has 0 amide bonds. The van der Waals surface area contributed by atoms with Crippen LogP contribution in [0.25, 0.3) is 0 Å². The molecular formula is C27H42F2O. The maximum absolute atomic E-state index is 14.5. The van der Waals surface area contributed by atoms with Crippen LogP contribution in [0.2, 0.25) is 0 Å². The highest BCUT2D eigenvalue weighted by atomic mass is 19.2. The molecule has 0 N–H and O–H groups in total. The number of hydrogen-bond donors (Lipinski definition) is 0. The van der Waals surface area contributed by atoms with Gasteiger partial charge in [-0.1, -0.05) is 58.4 Å². The third-order valence-electron chi connectivity index (χ3n) is 8.20. The van der Waals surface area contributed by atoms with Crippen molar-refractivity contribution in [1.82, 2.24) is 0 Å². The van der Waals surface area contributed by atoms with E-state index in [1.54, 1.807) is 12.1 Å². The van der Waals surface area contributed by atoms with Crippen LogP contribution in [0.15, 0.2) is 12.1 Å². The molecule has 1 unspecified atom stereocenters. The van der Waals surface area contributed by atoms with E-state index in [1.807, 2.05) is 0 Å². The van der Waals surface area contributed by atoms with Crippen molar-refractivity contribution in [3.8, 4) is 5.75 Å². The maximum atomic E-state index is 14.5. The lowest BCUT2D eigenvalue weighted by molar-refractivity contribution is 0.168. The first kappa shape index (κ1) is 23.5. The van der Waals surface area contributed by atoms with E-state index in [-0.39, 0.29) is 11.7 Å². The minimum Gasteiger partial charge on any atom is -0.494 e. The Morgan fingerprint density at radius 3 is 2.20 bits per heavy atom. The van der Waals surface area contributed by atoms with Crippen molar-refractivity contribution >= 4 is 0 Å². The van der Waals surface area contributed by atoms with Crippen LogP contribution >= 0.6 is 0 Å². The summed E-state index contributed by atoms with van der Waals surface area (Å²) < 4.78 is 33.4. The average Bonchev–Trinajstić information content (AvgIpc) is 2.77. The van der Waals surface area contributed by atoms with Crippen molar-refractivity contribution < 1.29 is 13.5 Å². The Hall–Kier alpha value is -1.12. The number of methoxy groups -OCH3 is 1. The number of unbranched alkanes of at least 4 members (excludes halogenated alkanes) is 2. The van der Waals surface area contributed by atoms with Crippen LogP contribution in [-0.2, 0) is 0 Å². The summed E-state index contributed by atoms with van der Waals surface area (Å²) in [6, 6.07) is 3.30. The standard InChI is InChI=1S/C27H42F2O/c1-4-5-6-7-20-8-12-22(13-9-20)19(2)18-21-10-14-23(15-11-21)24-16-17-25(30-3)27(29)26(24)28/h16-17,19-23H,4-15,18H2,1-3H3. The van der Waals surface area contributed by atoms with Gasteiger partial charge in [-0.25, -0.2) is 4.39 Å². The number of hydrogen-bond acceptors (Lipinski definition) is 1. The average molecular weight is 421 g/mol. The molecular weight excluding hydrogens is 378 g/mol. The van der Waals surface area contributed by atoms with Gasteiger partial charge in [0, 0.05) is 0 Å². The molecule has 2 aliphatic rings. The van der Waals surface area contributed by atoms with Crippen molar-refractivity contribution in [3.05, 3.63) is 29.3 Å². The quantitative estimate of drug-likeness (QED) is 0.363. The van der Waals surface area contributed by atoms with Gasteiger partial charge in [-0.05, 0) is 86.2 Å². The second-order valence-corrected chi connectivity index (χ2v) is 10.2. The van der Waals surface area contributed by atoms with Gasteiger partial charge in [0.25, 0.3) is 0 Å². The van der Waals surface area contributed by atoms with Gasteiger partial charge < -0.3 is 4.74 Å². The number of ether oxygens (including phenoxy) is 1. The molecule has 2 fully saturated rings. The lowest BCUT2D eigenvalue weighted by atomic mass is 9.70. The highest BCUT2D eigenvalue weighted by Crippen LogP contribution is 2.43. The van der Waals surface area contributed by atoms with Crippen LogP contribution in [0.1, 0.15) is 109 Å². The monoisotopic (exact) mass is 420 g/mol. The Balaban J connectivity index is 1.42. The van der Waals surface area contributed by atoms with Gasteiger partial charge in [0.15, 0.2) is 11.6 Å². The third-order valence-corrected chi connectivity index (χ3v) is 8.20. The zero-order valence-electron chi connectivity index (χ0n) is 19.4. The topological polar surface area (TPSA) is 9.23 Å². The summed E-state index contributed by atoms with van der Waals surface area (Å²) in [6.45, 7) is 4.75. The second-order valence-electron chi connectivity index (χ2n) is 10.2. The van der Waals surface area contributed by atoms with Gasteiger partial charge in [-0.3, -0.25) is 0 Å². The molecule has 0 radical (unpaired) electrons. The fourth-order valence-corrected chi connectivity index (χ4v) is 6.18. The van der Waals surface area contributed by atoms with Gasteiger partial charge >= 0.3 is 0 Å². The third kappa shape index (κ3) is 5.98. The Bertz CT molecular complexity index is 643. The second kappa shape index (κ2) is 11.5. The predicted octanol–water partition coefficient (Wildman–Crippen LogP) is 8.66. The smallest absolute Gasteiger partial charge is 0.200 e. The van der Waals surface area contributed by atoms with Crippen LogP contribution in [0, 0.1) is 35.3 Å². The maximum Gasteiger partial charge on any atom is 0.200 e. The minimum atomic E-state index is -0.837. The molecule has 0 spiro atoms. The molecule has 0 aromatic heterocycles. The summed E-state index contributed by atoms with van der Waals surface area (Å²) in [4.78, 5) is 0. The van der Waals surface area contributed by atoms with E-state index in [4.69, 9.17) is 4.74 Å². The lowest BCUT2D eigenvalue weighted by Gasteiger charge is -2.36. The first-order valence-electron chi connectivity index (χ1n) is 12.5. The number of benzene rings is 1. The fraction of sp³-hybridized carbons (Fsp3) is 0.778. The van der Waals surface area contributed by atoms with E-state index in [0.717, 1.165) is 49.4 Å². The van der Waals surface area contributed by atoms with E-state index in [9.17, 15) is 8.78 Å². The Morgan fingerprint density at radius 1 is 0.900 bits per heavy atom. The molecule has 1 aromatic carbocycles. The van der Waals surface area contributed by atoms with E-state index >= 15 is 0 Å². The minimum absolute atomic E-state index is 0.00107. The molecule has 1 aromatic rings. The molecule has 0 bridgehead atoms. The summed E-state index contributed by atoms with van der Waals surface area (Å²) in [7, 11) is 1.38. The van der Waals surface area contributed by atoms with E-state index in [2.05, 4.69) is 13.8 Å². The van der Waals surface area contributed by atoms with Gasteiger partial charge in [0.1, 0.15) is 0 Å². The molecule has 3 rings (SSSR count). The normalized spacial score (nSPS) is 28.3. The Labute approximate surface area is 183 Å². The number of rotatable bonds is 9. The molecule has 3 heteroatoms. The van der Waals surface area contributed by atoms with Crippen LogP contribution in [0.4, 0.5) is 8.78 Å². The highest BCUT2D eigenvalue weighted by molar-refractivity contribution is 5.33. The number of halogens is 2. The van der Waals surface area contributed by atoms with Crippen LogP contribution in [0.3, 0.4) is 0 Å². The summed E-state index contributed by atoms with van der Waals surface area (Å²) in [5.41, 5.74) is 0.543. The molecule has 2 aliphatic carbocycles. The van der Waals surface area contributed by atoms with Crippen LogP contribution in [0.5, 0.6) is 5.75 Å². The Morgan fingerprint density at radius 2 is 1.57 bits per heavy atom. The SMILES string of the molecule is CCCCCC1CCC(C(C)CC2CCC(c3ccc(OC)c(F)c3F)CC2)CC1. The van der Waals surface area contributed by atoms with E-state index in [0.29, 0.717) is 5.56 Å². The molecule has 2 saturated carbocycles. The molecule has 1 nitrogen and oxygen atoms in total. The Kier molecular flexibility index (Phi) is 9.01. The predicted molar refractivity (Wildman–Crippen MR) is 121 cm³/mol. The molecule has 1 atom stereocenters. The molecule has 0 heterocycles. The highest BCUT2D eigenvalue weighted by Gasteiger charge is 2.30. The summed E-state index contributed by atoms with van der Waals surface area (Å²) >= 11 is 0. The van der Waals surface area contributed by atoms with Gasteiger partial charge in [-0.2, -0.15) is 4.39 Å². The van der Waals surface area contributed by atoms with Crippen molar-refractivity contribution in [2.45, 2.75) is 103 Å². The molecule has 0 saturated heterocycles. The molecule has 170 valence electrons. The molecule has 0 aliphatic heterocycles. The fourth-order valence-electron chi connectivity index (χ4n) is 6.18. The first-order chi connectivity index (χ1) is 14.5. The van der Waals surface area contributed by atoms with E-state index < -0.39 is 11.6 Å². The van der Waals surface area contributed by atoms with E-state index in [1.165, 1.54) is 64.9 Å². The summed E-state index contributed by atoms with van der Waals surface area (Å²) in [6.07, 6.45) is 16.9. The largest absolute Gasteiger partial charge is 0.494 e. The van der Waals surface area contributed by atoms with Crippen LogP contribution in [-0.4, -0.2) is 7.11 Å². The summed E-state index contributed by atoms with van der Waals surface area (Å²) in [5.74, 6) is 2.05. The van der Waals surface area contributed by atoms with Crippen molar-refractivity contribution in [1.29, 1.82) is 0 Å². The molecule has 30 heavy (non-hydrogen) atoms. The van der Waals surface area contributed by atoms with Crippen molar-refractivity contribution in [3.63, 3.8) is 0 Å². The zero-order valence-corrected chi connectivity index (χ0v) is 19.4. The van der Waals surface area contributed by atoms with Crippen molar-refractivity contribution in [2.75, 3.05) is 7.11 Å². The first-order valence-corrected chi connectivity index (χ1v) is 12.5. The van der Waals surface area contributed by atoms with Crippen molar-refractivity contribution in [2.24, 2.45) is 23.7 Å². The zero-order chi connectivity index (χ0) is 21.5.